The minimum atomic E-state index is -1.08. The highest BCUT2D eigenvalue weighted by molar-refractivity contribution is 6.05. The van der Waals surface area contributed by atoms with E-state index in [9.17, 15) is 14.7 Å². The van der Waals surface area contributed by atoms with E-state index < -0.39 is 5.97 Å². The Morgan fingerprint density at radius 1 is 1.19 bits per heavy atom. The third-order valence-electron chi connectivity index (χ3n) is 4.14. The number of carboxylic acid groups (broad SMARTS) is 1. The monoisotopic (exact) mass is 363 g/mol. The van der Waals surface area contributed by atoms with E-state index in [2.05, 4.69) is 16.9 Å². The first-order valence-electron chi connectivity index (χ1n) is 8.67. The van der Waals surface area contributed by atoms with Crippen LogP contribution in [0.5, 0.6) is 0 Å². The van der Waals surface area contributed by atoms with Gasteiger partial charge in [-0.3, -0.25) is 9.20 Å². The molecule has 2 heterocycles. The largest absolute Gasteiger partial charge is 0.478 e. The van der Waals surface area contributed by atoms with Gasteiger partial charge in [0.05, 0.1) is 0 Å². The van der Waals surface area contributed by atoms with E-state index in [-0.39, 0.29) is 17.1 Å². The second kappa shape index (κ2) is 7.45. The Hall–Kier alpha value is -3.41. The van der Waals surface area contributed by atoms with E-state index in [4.69, 9.17) is 0 Å². The first-order chi connectivity index (χ1) is 12.9. The van der Waals surface area contributed by atoms with Crippen LogP contribution in [0.15, 0.2) is 60.8 Å². The van der Waals surface area contributed by atoms with Crippen molar-refractivity contribution in [1.82, 2.24) is 9.38 Å². The number of hydrogen-bond donors (Lipinski definition) is 2. The molecule has 6 heteroatoms. The van der Waals surface area contributed by atoms with Crippen LogP contribution in [0.2, 0.25) is 0 Å². The van der Waals surface area contributed by atoms with Gasteiger partial charge in [0.1, 0.15) is 17.1 Å². The molecule has 3 aromatic rings. The van der Waals surface area contributed by atoms with E-state index in [0.717, 1.165) is 5.56 Å². The molecular weight excluding hydrogens is 342 g/mol. The predicted molar refractivity (Wildman–Crippen MR) is 105 cm³/mol. The maximum absolute atomic E-state index is 12.6. The van der Waals surface area contributed by atoms with Crippen molar-refractivity contribution in [3.8, 4) is 11.3 Å². The highest BCUT2D eigenvalue weighted by Crippen LogP contribution is 2.30. The molecule has 0 bridgehead atoms. The quantitative estimate of drug-likeness (QED) is 0.642. The summed E-state index contributed by atoms with van der Waals surface area (Å²) in [7, 11) is 0. The van der Waals surface area contributed by atoms with Gasteiger partial charge in [-0.25, -0.2) is 9.78 Å². The van der Waals surface area contributed by atoms with Crippen LogP contribution in [0.1, 0.15) is 30.6 Å². The average molecular weight is 363 g/mol. The number of pyridine rings is 1. The number of fused-ring (bicyclic) bond motifs is 1. The zero-order chi connectivity index (χ0) is 19.6. The summed E-state index contributed by atoms with van der Waals surface area (Å²) >= 11 is 0. The number of aromatic nitrogens is 2. The van der Waals surface area contributed by atoms with E-state index >= 15 is 0 Å². The molecule has 138 valence electrons. The number of nitrogens with one attached hydrogen (secondary N) is 1. The minimum Gasteiger partial charge on any atom is -0.478 e. The Balaban J connectivity index is 2.14. The van der Waals surface area contributed by atoms with Crippen LogP contribution < -0.4 is 5.32 Å². The predicted octanol–water partition coefficient (Wildman–Crippen LogP) is 4.24. The summed E-state index contributed by atoms with van der Waals surface area (Å²) in [4.78, 5) is 28.7. The number of carboxylic acids is 1. The molecule has 0 unspecified atom stereocenters. The molecule has 0 saturated carbocycles. The maximum atomic E-state index is 12.6. The van der Waals surface area contributed by atoms with Crippen molar-refractivity contribution in [2.24, 2.45) is 5.92 Å². The fraction of sp³-hybridized carbons (Fsp3) is 0.190. The van der Waals surface area contributed by atoms with E-state index in [1.807, 2.05) is 44.2 Å². The van der Waals surface area contributed by atoms with E-state index in [1.165, 1.54) is 6.07 Å². The number of nitrogens with zero attached hydrogens (tertiary/aromatic N) is 2. The highest BCUT2D eigenvalue weighted by Gasteiger charge is 2.21. The molecule has 0 radical (unpaired) electrons. The lowest BCUT2D eigenvalue weighted by molar-refractivity contribution is -0.113. The lowest BCUT2D eigenvalue weighted by atomic mass is 10.0. The van der Waals surface area contributed by atoms with Crippen molar-refractivity contribution in [1.29, 1.82) is 0 Å². The topological polar surface area (TPSA) is 83.7 Å². The van der Waals surface area contributed by atoms with Crippen LogP contribution in [0.3, 0.4) is 0 Å². The van der Waals surface area contributed by atoms with Gasteiger partial charge >= 0.3 is 5.97 Å². The number of hydrogen-bond acceptors (Lipinski definition) is 3. The lowest BCUT2D eigenvalue weighted by Gasteiger charge is -2.11. The third kappa shape index (κ3) is 3.74. The van der Waals surface area contributed by atoms with Crippen LogP contribution in [0.4, 0.5) is 5.82 Å². The number of amides is 1. The number of carbonyl (C=O) groups is 2. The van der Waals surface area contributed by atoms with Crippen LogP contribution in [0.25, 0.3) is 16.9 Å². The molecule has 6 nitrogen and oxygen atoms in total. The summed E-state index contributed by atoms with van der Waals surface area (Å²) in [5.74, 6) is -0.650. The second-order valence-corrected chi connectivity index (χ2v) is 6.75. The first kappa shape index (κ1) is 18.4. The van der Waals surface area contributed by atoms with Crippen LogP contribution >= 0.6 is 0 Å². The van der Waals surface area contributed by atoms with E-state index in [1.54, 1.807) is 16.7 Å². The number of imidazole rings is 1. The summed E-state index contributed by atoms with van der Waals surface area (Å²) in [6.07, 6.45) is 2.26. The second-order valence-electron chi connectivity index (χ2n) is 6.75. The van der Waals surface area contributed by atoms with Gasteiger partial charge in [0.15, 0.2) is 5.65 Å². The van der Waals surface area contributed by atoms with Crippen molar-refractivity contribution < 1.29 is 14.7 Å². The molecule has 1 aromatic carbocycles. The van der Waals surface area contributed by atoms with Gasteiger partial charge in [-0.1, -0.05) is 50.8 Å². The molecule has 3 rings (SSSR count). The molecule has 0 saturated heterocycles. The van der Waals surface area contributed by atoms with Crippen molar-refractivity contribution in [2.75, 3.05) is 5.32 Å². The number of aromatic carboxylic acids is 1. The van der Waals surface area contributed by atoms with E-state index in [0.29, 0.717) is 29.4 Å². The van der Waals surface area contributed by atoms with Gasteiger partial charge < -0.3 is 10.4 Å². The minimum absolute atomic E-state index is 0.0659. The Kier molecular flexibility index (Phi) is 5.07. The van der Waals surface area contributed by atoms with Crippen LogP contribution in [0, 0.1) is 5.92 Å². The third-order valence-corrected chi connectivity index (χ3v) is 4.14. The Morgan fingerprint density at radius 3 is 2.52 bits per heavy atom. The van der Waals surface area contributed by atoms with Gasteiger partial charge in [-0.15, -0.1) is 0 Å². The van der Waals surface area contributed by atoms with Crippen molar-refractivity contribution in [3.63, 3.8) is 0 Å². The van der Waals surface area contributed by atoms with Gasteiger partial charge in [-0.2, -0.15) is 0 Å². The van der Waals surface area contributed by atoms with Crippen LogP contribution in [-0.4, -0.2) is 26.4 Å². The molecular formula is C21H21N3O3. The van der Waals surface area contributed by atoms with Gasteiger partial charge in [0.2, 0.25) is 0 Å². The summed E-state index contributed by atoms with van der Waals surface area (Å²) < 4.78 is 1.59. The lowest BCUT2D eigenvalue weighted by Crippen LogP contribution is -2.17. The summed E-state index contributed by atoms with van der Waals surface area (Å²) in [6.45, 7) is 7.90. The van der Waals surface area contributed by atoms with Crippen molar-refractivity contribution in [3.05, 3.63) is 66.4 Å². The molecule has 0 aliphatic heterocycles. The maximum Gasteiger partial charge on any atom is 0.339 e. The Labute approximate surface area is 157 Å². The van der Waals surface area contributed by atoms with Crippen molar-refractivity contribution >= 4 is 23.3 Å². The molecule has 0 atom stereocenters. The van der Waals surface area contributed by atoms with Crippen LogP contribution in [-0.2, 0) is 4.79 Å². The molecule has 0 aliphatic carbocycles. The van der Waals surface area contributed by atoms with Crippen molar-refractivity contribution in [2.45, 2.75) is 20.3 Å². The molecule has 0 aliphatic rings. The zero-order valence-corrected chi connectivity index (χ0v) is 15.3. The summed E-state index contributed by atoms with van der Waals surface area (Å²) in [5, 5.41) is 12.3. The molecule has 2 aromatic heterocycles. The molecule has 2 N–H and O–H groups in total. The first-order valence-corrected chi connectivity index (χ1v) is 8.67. The molecule has 0 spiro atoms. The number of carbonyl (C=O) groups excluding carboxylic acids is 1. The molecule has 27 heavy (non-hydrogen) atoms. The number of benzene rings is 1. The smallest absolute Gasteiger partial charge is 0.339 e. The zero-order valence-electron chi connectivity index (χ0n) is 15.3. The Morgan fingerprint density at radius 2 is 1.89 bits per heavy atom. The number of anilines is 1. The van der Waals surface area contributed by atoms with Gasteiger partial charge in [0.25, 0.3) is 5.91 Å². The summed E-state index contributed by atoms with van der Waals surface area (Å²) in [6, 6.07) is 12.4. The normalized spacial score (nSPS) is 10.9. The summed E-state index contributed by atoms with van der Waals surface area (Å²) in [5.41, 5.74) is 2.09. The van der Waals surface area contributed by atoms with Gasteiger partial charge in [0, 0.05) is 17.3 Å². The Bertz CT molecular complexity index is 1020. The number of rotatable bonds is 6. The molecule has 1 amide bonds. The highest BCUT2D eigenvalue weighted by atomic mass is 16.4. The molecule has 0 fully saturated rings. The SMILES string of the molecule is C=C(CC(C)C)C(=O)Nc1c(-c2ccccc2)nc2c(C(=O)O)cccn12. The fourth-order valence-electron chi connectivity index (χ4n) is 2.93. The van der Waals surface area contributed by atoms with Gasteiger partial charge in [-0.05, 0) is 24.5 Å². The standard InChI is InChI=1S/C21H21N3O3/c1-13(2)12-14(3)20(25)23-19-17(15-8-5-4-6-9-15)22-18-16(21(26)27)10-7-11-24(18)19/h4-11,13H,3,12H2,1-2H3,(H,23,25)(H,26,27). The average Bonchev–Trinajstić information content (AvgIpc) is 3.00. The fourth-order valence-corrected chi connectivity index (χ4v) is 2.93.